The van der Waals surface area contributed by atoms with Gasteiger partial charge in [0.2, 0.25) is 0 Å². The molecule has 1 aromatic heterocycles. The summed E-state index contributed by atoms with van der Waals surface area (Å²) < 4.78 is 5.23. The molecular weight excluding hydrogens is 392 g/mol. The van der Waals surface area contributed by atoms with Gasteiger partial charge in [0.1, 0.15) is 0 Å². The number of carbonyl (C=O) groups excluding carboxylic acids is 2. The highest BCUT2D eigenvalue weighted by molar-refractivity contribution is 6.06. The third-order valence-electron chi connectivity index (χ3n) is 4.87. The first-order valence-corrected chi connectivity index (χ1v) is 9.68. The molecular formula is C25H20N2O4. The van der Waals surface area contributed by atoms with Gasteiger partial charge in [-0.2, -0.15) is 0 Å². The van der Waals surface area contributed by atoms with Crippen LogP contribution in [-0.4, -0.2) is 16.9 Å². The van der Waals surface area contributed by atoms with Crippen molar-refractivity contribution >= 4 is 17.5 Å². The van der Waals surface area contributed by atoms with E-state index >= 15 is 0 Å². The maximum Gasteiger partial charge on any atom is 0.312 e. The fraction of sp³-hybridized carbons (Fsp3) is 0.0400. The minimum Gasteiger partial charge on any atom is -0.459 e. The van der Waals surface area contributed by atoms with Crippen LogP contribution in [0.2, 0.25) is 0 Å². The zero-order chi connectivity index (χ0) is 21.7. The van der Waals surface area contributed by atoms with E-state index in [1.54, 1.807) is 97.1 Å². The SMILES string of the molecule is O=C(c1ccco1)N(NC(=O)C(O)(c1ccccc1)c1ccccc1)c1ccccc1. The fourth-order valence-electron chi connectivity index (χ4n) is 3.29. The molecule has 1 heterocycles. The van der Waals surface area contributed by atoms with Crippen molar-refractivity contribution in [3.63, 3.8) is 0 Å². The number of hydrogen-bond donors (Lipinski definition) is 2. The molecule has 4 rings (SSSR count). The largest absolute Gasteiger partial charge is 0.459 e. The van der Waals surface area contributed by atoms with Crippen molar-refractivity contribution < 1.29 is 19.1 Å². The number of amides is 2. The number of nitrogens with one attached hydrogen (secondary N) is 1. The fourth-order valence-corrected chi connectivity index (χ4v) is 3.29. The Bertz CT molecular complexity index is 1100. The van der Waals surface area contributed by atoms with Gasteiger partial charge in [0.15, 0.2) is 11.4 Å². The van der Waals surface area contributed by atoms with E-state index in [4.69, 9.17) is 4.42 Å². The van der Waals surface area contributed by atoms with Gasteiger partial charge in [-0.3, -0.25) is 15.0 Å². The predicted octanol–water partition coefficient (Wildman–Crippen LogP) is 3.89. The molecule has 2 amide bonds. The Morgan fingerprint density at radius 3 is 1.74 bits per heavy atom. The maximum atomic E-state index is 13.5. The molecule has 31 heavy (non-hydrogen) atoms. The van der Waals surface area contributed by atoms with Crippen LogP contribution in [0, 0.1) is 0 Å². The summed E-state index contributed by atoms with van der Waals surface area (Å²) in [5, 5.41) is 12.7. The number of anilines is 1. The topological polar surface area (TPSA) is 82.8 Å². The Balaban J connectivity index is 1.76. The molecule has 6 heteroatoms. The number of nitrogens with zero attached hydrogens (tertiary/aromatic N) is 1. The summed E-state index contributed by atoms with van der Waals surface area (Å²) >= 11 is 0. The van der Waals surface area contributed by atoms with Gasteiger partial charge in [-0.15, -0.1) is 0 Å². The number of hydrazine groups is 1. The number of benzene rings is 3. The van der Waals surface area contributed by atoms with Gasteiger partial charge in [0, 0.05) is 0 Å². The third-order valence-corrected chi connectivity index (χ3v) is 4.87. The summed E-state index contributed by atoms with van der Waals surface area (Å²) in [5.74, 6) is -1.31. The van der Waals surface area contributed by atoms with E-state index < -0.39 is 17.4 Å². The second kappa shape index (κ2) is 8.69. The van der Waals surface area contributed by atoms with Crippen LogP contribution in [0.1, 0.15) is 21.7 Å². The van der Waals surface area contributed by atoms with Crippen LogP contribution in [0.25, 0.3) is 0 Å². The molecule has 2 N–H and O–H groups in total. The first-order valence-electron chi connectivity index (χ1n) is 9.68. The second-order valence-electron chi connectivity index (χ2n) is 6.84. The Labute approximate surface area is 179 Å². The van der Waals surface area contributed by atoms with E-state index in [2.05, 4.69) is 5.43 Å². The Morgan fingerprint density at radius 1 is 0.742 bits per heavy atom. The molecule has 4 aromatic rings. The van der Waals surface area contributed by atoms with Crippen LogP contribution in [0.5, 0.6) is 0 Å². The minimum atomic E-state index is -2.03. The van der Waals surface area contributed by atoms with Crippen molar-refractivity contribution in [1.29, 1.82) is 0 Å². The smallest absolute Gasteiger partial charge is 0.312 e. The number of rotatable bonds is 5. The molecule has 3 aromatic carbocycles. The van der Waals surface area contributed by atoms with Crippen molar-refractivity contribution in [1.82, 2.24) is 5.43 Å². The summed E-state index contributed by atoms with van der Waals surface area (Å²) in [6.45, 7) is 0. The van der Waals surface area contributed by atoms with E-state index in [-0.39, 0.29) is 5.76 Å². The molecule has 0 aliphatic carbocycles. The molecule has 154 valence electrons. The molecule has 0 saturated heterocycles. The van der Waals surface area contributed by atoms with Gasteiger partial charge in [-0.25, -0.2) is 5.01 Å². The zero-order valence-electron chi connectivity index (χ0n) is 16.5. The van der Waals surface area contributed by atoms with E-state index in [1.807, 2.05) is 0 Å². The number of para-hydroxylation sites is 1. The summed E-state index contributed by atoms with van der Waals surface area (Å²) in [6.07, 6.45) is 1.38. The molecule has 6 nitrogen and oxygen atoms in total. The van der Waals surface area contributed by atoms with E-state index in [1.165, 1.54) is 12.3 Å². The number of carbonyl (C=O) groups is 2. The third kappa shape index (κ3) is 3.97. The highest BCUT2D eigenvalue weighted by Crippen LogP contribution is 2.30. The predicted molar refractivity (Wildman–Crippen MR) is 116 cm³/mol. The minimum absolute atomic E-state index is 0.0483. The van der Waals surface area contributed by atoms with Gasteiger partial charge in [-0.05, 0) is 35.4 Å². The molecule has 0 unspecified atom stereocenters. The lowest BCUT2D eigenvalue weighted by Gasteiger charge is -2.31. The van der Waals surface area contributed by atoms with Crippen molar-refractivity contribution in [2.45, 2.75) is 5.60 Å². The van der Waals surface area contributed by atoms with Crippen molar-refractivity contribution in [3.8, 4) is 0 Å². The van der Waals surface area contributed by atoms with Crippen LogP contribution >= 0.6 is 0 Å². The number of hydrogen-bond acceptors (Lipinski definition) is 4. The molecule has 0 aliphatic rings. The zero-order valence-corrected chi connectivity index (χ0v) is 16.5. The molecule has 0 aliphatic heterocycles. The van der Waals surface area contributed by atoms with Crippen LogP contribution in [0.15, 0.2) is 114 Å². The van der Waals surface area contributed by atoms with Gasteiger partial charge in [0.05, 0.1) is 12.0 Å². The average molecular weight is 412 g/mol. The van der Waals surface area contributed by atoms with Crippen molar-refractivity contribution in [2.24, 2.45) is 0 Å². The van der Waals surface area contributed by atoms with E-state index in [0.29, 0.717) is 16.8 Å². The van der Waals surface area contributed by atoms with Gasteiger partial charge in [-0.1, -0.05) is 78.9 Å². The van der Waals surface area contributed by atoms with E-state index in [0.717, 1.165) is 5.01 Å². The lowest BCUT2D eigenvalue weighted by molar-refractivity contribution is -0.136. The van der Waals surface area contributed by atoms with Crippen LogP contribution in [0.3, 0.4) is 0 Å². The molecule has 0 atom stereocenters. The standard InChI is InChI=1S/C25H20N2O4/c28-23(22-17-10-18-31-22)27(21-15-8-3-9-16-21)26-24(29)25(30,19-11-4-1-5-12-19)20-13-6-2-7-14-20/h1-18,30H,(H,26,29). The second-order valence-corrected chi connectivity index (χ2v) is 6.84. The normalized spacial score (nSPS) is 11.0. The first kappa shape index (κ1) is 20.1. The summed E-state index contributed by atoms with van der Waals surface area (Å²) in [5.41, 5.74) is 1.73. The van der Waals surface area contributed by atoms with Gasteiger partial charge in [0.25, 0.3) is 5.91 Å². The Morgan fingerprint density at radius 2 is 1.26 bits per heavy atom. The quantitative estimate of drug-likeness (QED) is 0.487. The lowest BCUT2D eigenvalue weighted by Crippen LogP contribution is -2.54. The highest BCUT2D eigenvalue weighted by Gasteiger charge is 2.41. The lowest BCUT2D eigenvalue weighted by atomic mass is 9.85. The average Bonchev–Trinajstić information content (AvgIpc) is 3.38. The molecule has 0 radical (unpaired) electrons. The molecule has 0 spiro atoms. The van der Waals surface area contributed by atoms with Crippen molar-refractivity contribution in [2.75, 3.05) is 5.01 Å². The van der Waals surface area contributed by atoms with Crippen molar-refractivity contribution in [3.05, 3.63) is 126 Å². The summed E-state index contributed by atoms with van der Waals surface area (Å²) in [6, 6.07) is 28.9. The molecule has 0 fully saturated rings. The van der Waals surface area contributed by atoms with Gasteiger partial charge >= 0.3 is 5.91 Å². The van der Waals surface area contributed by atoms with Crippen LogP contribution in [0.4, 0.5) is 5.69 Å². The van der Waals surface area contributed by atoms with Crippen LogP contribution < -0.4 is 10.4 Å². The summed E-state index contributed by atoms with van der Waals surface area (Å²) in [4.78, 5) is 26.6. The Kier molecular flexibility index (Phi) is 5.64. The molecule has 0 bridgehead atoms. The molecule has 0 saturated carbocycles. The maximum absolute atomic E-state index is 13.5. The monoisotopic (exact) mass is 412 g/mol. The Hall–Kier alpha value is -4.16. The summed E-state index contributed by atoms with van der Waals surface area (Å²) in [7, 11) is 0. The number of aliphatic hydroxyl groups is 1. The van der Waals surface area contributed by atoms with E-state index in [9.17, 15) is 14.7 Å². The highest BCUT2D eigenvalue weighted by atomic mass is 16.3. The van der Waals surface area contributed by atoms with Crippen LogP contribution in [-0.2, 0) is 10.4 Å². The number of furan rings is 1. The van der Waals surface area contributed by atoms with Gasteiger partial charge < -0.3 is 9.52 Å². The first-order chi connectivity index (χ1) is 15.1.